The summed E-state index contributed by atoms with van der Waals surface area (Å²) >= 11 is 0. The molecule has 1 aliphatic heterocycles. The van der Waals surface area contributed by atoms with Crippen molar-refractivity contribution in [2.24, 2.45) is 0 Å². The largest absolute Gasteiger partial charge is 0.444 e. The van der Waals surface area contributed by atoms with Crippen molar-refractivity contribution in [3.63, 3.8) is 0 Å². The van der Waals surface area contributed by atoms with Crippen LogP contribution in [-0.4, -0.2) is 46.8 Å². The summed E-state index contributed by atoms with van der Waals surface area (Å²) < 4.78 is 10.9. The van der Waals surface area contributed by atoms with E-state index in [9.17, 15) is 4.79 Å². The van der Waals surface area contributed by atoms with E-state index < -0.39 is 11.2 Å². The van der Waals surface area contributed by atoms with Crippen LogP contribution in [0.4, 0.5) is 4.79 Å². The Bertz CT molecular complexity index is 450. The van der Waals surface area contributed by atoms with Gasteiger partial charge in [-0.15, -0.1) is 0 Å². The van der Waals surface area contributed by atoms with Gasteiger partial charge in [0.05, 0.1) is 13.1 Å². The molecule has 6 nitrogen and oxygen atoms in total. The standard InChI is InChI=1S/C13H19N3O3/c1-12(2,3)19-11(17)16-7-13(8-16,18-4)10-5-14-9-15-6-10/h5-6,9H,7-8H2,1-4H3. The van der Waals surface area contributed by atoms with E-state index in [1.807, 2.05) is 20.8 Å². The summed E-state index contributed by atoms with van der Waals surface area (Å²) in [6.45, 7) is 6.44. The van der Waals surface area contributed by atoms with Crippen LogP contribution in [0.3, 0.4) is 0 Å². The topological polar surface area (TPSA) is 64.6 Å². The van der Waals surface area contributed by atoms with Gasteiger partial charge in [-0.05, 0) is 20.8 Å². The number of methoxy groups -OCH3 is 1. The molecule has 0 radical (unpaired) electrons. The molecule has 104 valence electrons. The van der Waals surface area contributed by atoms with Gasteiger partial charge in [0.2, 0.25) is 0 Å². The molecular formula is C13H19N3O3. The van der Waals surface area contributed by atoms with Crippen LogP contribution in [-0.2, 0) is 15.1 Å². The van der Waals surface area contributed by atoms with Crippen LogP contribution in [0, 0.1) is 0 Å². The number of carbonyl (C=O) groups is 1. The van der Waals surface area contributed by atoms with E-state index in [2.05, 4.69) is 9.97 Å². The lowest BCUT2D eigenvalue weighted by molar-refractivity contribution is -0.127. The van der Waals surface area contributed by atoms with Gasteiger partial charge in [-0.2, -0.15) is 0 Å². The molecule has 0 aliphatic carbocycles. The van der Waals surface area contributed by atoms with Gasteiger partial charge in [0, 0.05) is 25.1 Å². The van der Waals surface area contributed by atoms with Crippen molar-refractivity contribution in [1.29, 1.82) is 0 Å². The normalized spacial score (nSPS) is 17.8. The molecule has 0 bridgehead atoms. The van der Waals surface area contributed by atoms with Crippen LogP contribution in [0.1, 0.15) is 26.3 Å². The highest BCUT2D eigenvalue weighted by molar-refractivity contribution is 5.70. The van der Waals surface area contributed by atoms with Crippen molar-refractivity contribution in [2.45, 2.75) is 32.0 Å². The molecule has 19 heavy (non-hydrogen) atoms. The molecule has 1 saturated heterocycles. The minimum absolute atomic E-state index is 0.322. The Morgan fingerprint density at radius 3 is 2.37 bits per heavy atom. The maximum absolute atomic E-state index is 11.9. The third-order valence-corrected chi connectivity index (χ3v) is 3.02. The fourth-order valence-corrected chi connectivity index (χ4v) is 1.99. The molecular weight excluding hydrogens is 246 g/mol. The Labute approximate surface area is 112 Å². The summed E-state index contributed by atoms with van der Waals surface area (Å²) in [5.41, 5.74) is -0.131. The molecule has 0 aromatic carbocycles. The fraction of sp³-hybridized carbons (Fsp3) is 0.615. The van der Waals surface area contributed by atoms with E-state index >= 15 is 0 Å². The summed E-state index contributed by atoms with van der Waals surface area (Å²) in [7, 11) is 1.62. The van der Waals surface area contributed by atoms with Gasteiger partial charge >= 0.3 is 6.09 Å². The van der Waals surface area contributed by atoms with Gasteiger partial charge in [0.25, 0.3) is 0 Å². The van der Waals surface area contributed by atoms with Crippen molar-refractivity contribution in [2.75, 3.05) is 20.2 Å². The number of aromatic nitrogens is 2. The molecule has 1 aromatic heterocycles. The van der Waals surface area contributed by atoms with Gasteiger partial charge in [-0.1, -0.05) is 0 Å². The first-order valence-electron chi connectivity index (χ1n) is 6.15. The molecule has 1 aliphatic rings. The Balaban J connectivity index is 2.02. The minimum atomic E-state index is -0.516. The molecule has 2 rings (SSSR count). The number of nitrogens with zero attached hydrogens (tertiary/aromatic N) is 3. The van der Waals surface area contributed by atoms with Gasteiger partial charge in [-0.25, -0.2) is 14.8 Å². The Morgan fingerprint density at radius 1 is 1.32 bits per heavy atom. The van der Waals surface area contributed by atoms with Crippen LogP contribution in [0.5, 0.6) is 0 Å². The van der Waals surface area contributed by atoms with Crippen molar-refractivity contribution in [3.05, 3.63) is 24.3 Å². The molecule has 0 unspecified atom stereocenters. The van der Waals surface area contributed by atoms with E-state index in [0.29, 0.717) is 13.1 Å². The smallest absolute Gasteiger partial charge is 0.410 e. The highest BCUT2D eigenvalue weighted by atomic mass is 16.6. The maximum atomic E-state index is 11.9. The number of hydrogen-bond acceptors (Lipinski definition) is 5. The van der Waals surface area contributed by atoms with E-state index in [1.165, 1.54) is 6.33 Å². The lowest BCUT2D eigenvalue weighted by Crippen LogP contribution is -2.62. The average molecular weight is 265 g/mol. The second kappa shape index (κ2) is 4.77. The summed E-state index contributed by atoms with van der Waals surface area (Å²) in [6.07, 6.45) is 4.57. The van der Waals surface area contributed by atoms with Crippen LogP contribution >= 0.6 is 0 Å². The van der Waals surface area contributed by atoms with Gasteiger partial charge in [-0.3, -0.25) is 0 Å². The van der Waals surface area contributed by atoms with Crippen LogP contribution in [0.15, 0.2) is 18.7 Å². The quantitative estimate of drug-likeness (QED) is 0.812. The summed E-state index contributed by atoms with van der Waals surface area (Å²) in [5.74, 6) is 0. The maximum Gasteiger partial charge on any atom is 0.410 e. The summed E-state index contributed by atoms with van der Waals surface area (Å²) in [4.78, 5) is 21.5. The van der Waals surface area contributed by atoms with E-state index in [-0.39, 0.29) is 6.09 Å². The molecule has 0 N–H and O–H groups in total. The van der Waals surface area contributed by atoms with Crippen molar-refractivity contribution in [1.82, 2.24) is 14.9 Å². The lowest BCUT2D eigenvalue weighted by atomic mass is 9.88. The zero-order chi connectivity index (χ0) is 14.1. The minimum Gasteiger partial charge on any atom is -0.444 e. The molecule has 0 spiro atoms. The van der Waals surface area contributed by atoms with Gasteiger partial charge < -0.3 is 14.4 Å². The third kappa shape index (κ3) is 2.84. The van der Waals surface area contributed by atoms with E-state index in [1.54, 1.807) is 24.4 Å². The third-order valence-electron chi connectivity index (χ3n) is 3.02. The van der Waals surface area contributed by atoms with Crippen LogP contribution < -0.4 is 0 Å². The predicted octanol–water partition coefficient (Wildman–Crippen LogP) is 1.57. The van der Waals surface area contributed by atoms with Crippen LogP contribution in [0.2, 0.25) is 0 Å². The van der Waals surface area contributed by atoms with E-state index in [0.717, 1.165) is 5.56 Å². The van der Waals surface area contributed by atoms with Crippen LogP contribution in [0.25, 0.3) is 0 Å². The number of rotatable bonds is 2. The first-order chi connectivity index (χ1) is 8.86. The second-order valence-corrected chi connectivity index (χ2v) is 5.66. The number of ether oxygens (including phenoxy) is 2. The predicted molar refractivity (Wildman–Crippen MR) is 68.5 cm³/mol. The highest BCUT2D eigenvalue weighted by Gasteiger charge is 2.48. The number of carbonyl (C=O) groups excluding carboxylic acids is 1. The van der Waals surface area contributed by atoms with Crippen molar-refractivity contribution < 1.29 is 14.3 Å². The first kappa shape index (κ1) is 13.7. The lowest BCUT2D eigenvalue weighted by Gasteiger charge is -2.48. The monoisotopic (exact) mass is 265 g/mol. The molecule has 0 saturated carbocycles. The molecule has 1 aromatic rings. The van der Waals surface area contributed by atoms with E-state index in [4.69, 9.17) is 9.47 Å². The number of amides is 1. The fourth-order valence-electron chi connectivity index (χ4n) is 1.99. The zero-order valence-electron chi connectivity index (χ0n) is 11.7. The molecule has 1 fully saturated rings. The average Bonchev–Trinajstić information content (AvgIpc) is 2.27. The second-order valence-electron chi connectivity index (χ2n) is 5.66. The molecule has 0 atom stereocenters. The van der Waals surface area contributed by atoms with Gasteiger partial charge in [0.1, 0.15) is 17.5 Å². The highest BCUT2D eigenvalue weighted by Crippen LogP contribution is 2.35. The first-order valence-corrected chi connectivity index (χ1v) is 6.15. The van der Waals surface area contributed by atoms with Crippen molar-refractivity contribution >= 4 is 6.09 Å². The zero-order valence-corrected chi connectivity index (χ0v) is 11.7. The van der Waals surface area contributed by atoms with Crippen molar-refractivity contribution in [3.8, 4) is 0 Å². The Morgan fingerprint density at radius 2 is 1.89 bits per heavy atom. The van der Waals surface area contributed by atoms with Gasteiger partial charge in [0.15, 0.2) is 0 Å². The Hall–Kier alpha value is -1.69. The SMILES string of the molecule is COC1(c2cncnc2)CN(C(=O)OC(C)(C)C)C1. The molecule has 1 amide bonds. The molecule has 6 heteroatoms. The number of likely N-dealkylation sites (tertiary alicyclic amines) is 1. The number of hydrogen-bond donors (Lipinski definition) is 0. The molecule has 2 heterocycles. The Kier molecular flexibility index (Phi) is 3.45. The summed E-state index contributed by atoms with van der Waals surface area (Å²) in [5, 5.41) is 0. The summed E-state index contributed by atoms with van der Waals surface area (Å²) in [6, 6.07) is 0.